The van der Waals surface area contributed by atoms with Gasteiger partial charge < -0.3 is 20.6 Å². The molecule has 1 aliphatic heterocycles. The number of hydrogen-bond acceptors (Lipinski definition) is 3. The molecule has 0 aromatic heterocycles. The molecule has 1 fully saturated rings. The summed E-state index contributed by atoms with van der Waals surface area (Å²) in [5, 5.41) is 16.9. The first kappa shape index (κ1) is 21.9. The lowest BCUT2D eigenvalue weighted by molar-refractivity contribution is 0.0418. The molecule has 0 bridgehead atoms. The molecule has 0 unspecified atom stereocenters. The van der Waals surface area contributed by atoms with Crippen molar-refractivity contribution in [3.63, 3.8) is 0 Å². The second-order valence-corrected chi connectivity index (χ2v) is 5.96. The predicted molar refractivity (Wildman–Crippen MR) is 105 cm³/mol. The Morgan fingerprint density at radius 2 is 1.73 bits per heavy atom. The number of nitrogens with one attached hydrogen (secondary N) is 2. The van der Waals surface area contributed by atoms with E-state index in [9.17, 15) is 5.11 Å². The minimum atomic E-state index is -0.671. The highest BCUT2D eigenvalue weighted by Crippen LogP contribution is 2.14. The molecule has 6 heteroatoms. The van der Waals surface area contributed by atoms with Crippen LogP contribution < -0.4 is 10.6 Å². The molecule has 0 atom stereocenters. The fourth-order valence-electron chi connectivity index (χ4n) is 2.56. The summed E-state index contributed by atoms with van der Waals surface area (Å²) in [4.78, 5) is 7.04. The summed E-state index contributed by atoms with van der Waals surface area (Å²) in [6.45, 7) is 11.8. The van der Waals surface area contributed by atoms with Gasteiger partial charge in [-0.2, -0.15) is 0 Å². The molecule has 5 nitrogen and oxygen atoms in total. The summed E-state index contributed by atoms with van der Waals surface area (Å²) in [7, 11) is 0. The lowest BCUT2D eigenvalue weighted by Gasteiger charge is -2.27. The molecule has 0 aromatic rings. The topological polar surface area (TPSA) is 59.9 Å². The van der Waals surface area contributed by atoms with Crippen LogP contribution >= 0.6 is 24.0 Å². The molecule has 0 aromatic carbocycles. The average Bonchev–Trinajstić information content (AvgIpc) is 2.53. The van der Waals surface area contributed by atoms with E-state index in [0.717, 1.165) is 38.4 Å². The number of hydrogen-bond donors (Lipinski definition) is 3. The molecule has 1 rings (SSSR count). The normalized spacial score (nSPS) is 17.0. The molecule has 1 heterocycles. The zero-order valence-corrected chi connectivity index (χ0v) is 16.9. The Kier molecular flexibility index (Phi) is 12.3. The fourth-order valence-corrected chi connectivity index (χ4v) is 2.56. The van der Waals surface area contributed by atoms with Crippen molar-refractivity contribution in [3.05, 3.63) is 0 Å². The molecule has 0 saturated carbocycles. The first-order valence-corrected chi connectivity index (χ1v) is 8.60. The summed E-state index contributed by atoms with van der Waals surface area (Å²) >= 11 is 0. The molecule has 0 spiro atoms. The number of piperidine rings is 1. The molecule has 1 saturated heterocycles. The third-order valence-electron chi connectivity index (χ3n) is 4.36. The van der Waals surface area contributed by atoms with Crippen molar-refractivity contribution < 1.29 is 5.11 Å². The quantitative estimate of drug-likeness (QED) is 0.317. The van der Waals surface area contributed by atoms with Crippen molar-refractivity contribution in [2.45, 2.75) is 58.5 Å². The predicted octanol–water partition coefficient (Wildman–Crippen LogP) is 2.20. The smallest absolute Gasteiger partial charge is 0.191 e. The molecule has 3 N–H and O–H groups in total. The number of halogens is 1. The minimum Gasteiger partial charge on any atom is -0.388 e. The van der Waals surface area contributed by atoms with Crippen molar-refractivity contribution in [1.82, 2.24) is 15.5 Å². The van der Waals surface area contributed by atoms with Gasteiger partial charge >= 0.3 is 0 Å². The third-order valence-corrected chi connectivity index (χ3v) is 4.36. The van der Waals surface area contributed by atoms with Gasteiger partial charge in [-0.25, -0.2) is 0 Å². The van der Waals surface area contributed by atoms with Crippen molar-refractivity contribution in [2.75, 3.05) is 39.3 Å². The van der Waals surface area contributed by atoms with E-state index in [1.165, 1.54) is 32.4 Å². The second kappa shape index (κ2) is 12.4. The number of aliphatic imine (C=N–C) groups is 1. The van der Waals surface area contributed by atoms with Crippen LogP contribution in [0.3, 0.4) is 0 Å². The number of guanidine groups is 1. The number of rotatable bonds is 8. The van der Waals surface area contributed by atoms with Gasteiger partial charge in [-0.1, -0.05) is 20.3 Å². The van der Waals surface area contributed by atoms with Gasteiger partial charge in [-0.15, -0.1) is 24.0 Å². The Hall–Kier alpha value is -0.0800. The molecule has 1 aliphatic rings. The Morgan fingerprint density at radius 1 is 1.09 bits per heavy atom. The molecule has 132 valence electrons. The number of aliphatic hydroxyl groups is 1. The van der Waals surface area contributed by atoms with Crippen molar-refractivity contribution in [2.24, 2.45) is 4.99 Å². The highest BCUT2D eigenvalue weighted by atomic mass is 127. The van der Waals surface area contributed by atoms with Crippen LogP contribution in [-0.4, -0.2) is 60.8 Å². The van der Waals surface area contributed by atoms with Gasteiger partial charge in [0.15, 0.2) is 5.96 Å². The molecular formula is C16H35IN4O. The first-order chi connectivity index (χ1) is 10.1. The second-order valence-electron chi connectivity index (χ2n) is 5.96. The standard InChI is InChI=1S/C16H34N4O.HI/c1-4-16(21,5-2)14-19-15(17-6-3)18-10-13-20-11-8-7-9-12-20;/h21H,4-14H2,1-3H3,(H2,17,18,19);1H. The lowest BCUT2D eigenvalue weighted by atomic mass is 9.98. The SMILES string of the molecule is CCNC(=NCC(O)(CC)CC)NCCN1CCCCC1.I. The van der Waals surface area contributed by atoms with E-state index in [0.29, 0.717) is 6.54 Å². The van der Waals surface area contributed by atoms with Gasteiger partial charge in [0.05, 0.1) is 12.1 Å². The Bertz CT molecular complexity index is 303. The molecular weight excluding hydrogens is 391 g/mol. The Balaban J connectivity index is 0.00000441. The van der Waals surface area contributed by atoms with E-state index in [1.807, 2.05) is 13.8 Å². The van der Waals surface area contributed by atoms with E-state index < -0.39 is 5.60 Å². The van der Waals surface area contributed by atoms with Gasteiger partial charge in [0.2, 0.25) is 0 Å². The minimum absolute atomic E-state index is 0. The van der Waals surface area contributed by atoms with Crippen LogP contribution in [0.2, 0.25) is 0 Å². The number of nitrogens with zero attached hydrogens (tertiary/aromatic N) is 2. The molecule has 0 amide bonds. The molecule has 22 heavy (non-hydrogen) atoms. The van der Waals surface area contributed by atoms with Crippen molar-refractivity contribution in [1.29, 1.82) is 0 Å². The lowest BCUT2D eigenvalue weighted by Crippen LogP contribution is -2.43. The zero-order chi connectivity index (χ0) is 15.6. The maximum Gasteiger partial charge on any atom is 0.191 e. The van der Waals surface area contributed by atoms with Crippen LogP contribution in [-0.2, 0) is 0 Å². The first-order valence-electron chi connectivity index (χ1n) is 8.60. The Morgan fingerprint density at radius 3 is 2.27 bits per heavy atom. The van der Waals surface area contributed by atoms with Crippen molar-refractivity contribution >= 4 is 29.9 Å². The highest BCUT2D eigenvalue weighted by Gasteiger charge is 2.21. The summed E-state index contributed by atoms with van der Waals surface area (Å²) in [5.74, 6) is 0.815. The largest absolute Gasteiger partial charge is 0.388 e. The summed E-state index contributed by atoms with van der Waals surface area (Å²) < 4.78 is 0. The summed E-state index contributed by atoms with van der Waals surface area (Å²) in [5.41, 5.74) is -0.671. The molecule has 0 aliphatic carbocycles. The molecule has 0 radical (unpaired) electrons. The summed E-state index contributed by atoms with van der Waals surface area (Å²) in [6, 6.07) is 0. The van der Waals surface area contributed by atoms with E-state index in [2.05, 4.69) is 27.4 Å². The van der Waals surface area contributed by atoms with E-state index in [1.54, 1.807) is 0 Å². The van der Waals surface area contributed by atoms with Crippen LogP contribution in [0.1, 0.15) is 52.9 Å². The third kappa shape index (κ3) is 8.53. The van der Waals surface area contributed by atoms with Gasteiger partial charge in [-0.3, -0.25) is 4.99 Å². The van der Waals surface area contributed by atoms with Crippen LogP contribution in [0.15, 0.2) is 4.99 Å². The van der Waals surface area contributed by atoms with Crippen LogP contribution in [0.25, 0.3) is 0 Å². The fraction of sp³-hybridized carbons (Fsp3) is 0.938. The summed E-state index contributed by atoms with van der Waals surface area (Å²) in [6.07, 6.45) is 5.50. The van der Waals surface area contributed by atoms with Crippen LogP contribution in [0.5, 0.6) is 0 Å². The monoisotopic (exact) mass is 426 g/mol. The zero-order valence-electron chi connectivity index (χ0n) is 14.5. The average molecular weight is 426 g/mol. The Labute approximate surface area is 153 Å². The maximum atomic E-state index is 10.3. The number of likely N-dealkylation sites (tertiary alicyclic amines) is 1. The van der Waals surface area contributed by atoms with Crippen LogP contribution in [0, 0.1) is 0 Å². The van der Waals surface area contributed by atoms with Gasteiger partial charge in [0.25, 0.3) is 0 Å². The van der Waals surface area contributed by atoms with E-state index >= 15 is 0 Å². The van der Waals surface area contributed by atoms with Gasteiger partial charge in [-0.05, 0) is 45.7 Å². The van der Waals surface area contributed by atoms with Gasteiger partial charge in [0.1, 0.15) is 0 Å². The maximum absolute atomic E-state index is 10.3. The highest BCUT2D eigenvalue weighted by molar-refractivity contribution is 14.0. The van der Waals surface area contributed by atoms with Crippen molar-refractivity contribution in [3.8, 4) is 0 Å². The van der Waals surface area contributed by atoms with Crippen LogP contribution in [0.4, 0.5) is 0 Å². The van der Waals surface area contributed by atoms with E-state index in [-0.39, 0.29) is 24.0 Å². The van der Waals surface area contributed by atoms with E-state index in [4.69, 9.17) is 0 Å². The van der Waals surface area contributed by atoms with Gasteiger partial charge in [0, 0.05) is 19.6 Å².